The average Bonchev–Trinajstić information content (AvgIpc) is 2.26. The van der Waals surface area contributed by atoms with Crippen LogP contribution in [0.2, 0.25) is 0 Å². The lowest BCUT2D eigenvalue weighted by Gasteiger charge is -2.35. The Balaban J connectivity index is 2.65. The molecule has 1 saturated heterocycles. The van der Waals surface area contributed by atoms with E-state index in [9.17, 15) is 14.7 Å². The van der Waals surface area contributed by atoms with Gasteiger partial charge in [-0.1, -0.05) is 0 Å². The first-order chi connectivity index (χ1) is 9.12. The fraction of sp³-hybridized carbons (Fsp3) is 0.846. The van der Waals surface area contributed by atoms with E-state index in [4.69, 9.17) is 9.47 Å². The fourth-order valence-corrected chi connectivity index (χ4v) is 1.90. The van der Waals surface area contributed by atoms with Crippen molar-refractivity contribution in [2.75, 3.05) is 32.8 Å². The van der Waals surface area contributed by atoms with Crippen LogP contribution < -0.4 is 5.32 Å². The zero-order chi connectivity index (χ0) is 15.4. The molecule has 0 radical (unpaired) electrons. The number of carboxylic acids is 1. The van der Waals surface area contributed by atoms with Gasteiger partial charge in [0.05, 0.1) is 13.2 Å². The van der Waals surface area contributed by atoms with Gasteiger partial charge in [0.2, 0.25) is 0 Å². The number of alkyl carbamates (subject to hydrolysis) is 1. The highest BCUT2D eigenvalue weighted by atomic mass is 16.6. The number of hydrogen-bond acceptors (Lipinski definition) is 5. The monoisotopic (exact) mass is 288 g/mol. The molecule has 0 aromatic carbocycles. The lowest BCUT2D eigenvalue weighted by Crippen LogP contribution is -2.60. The fourth-order valence-electron chi connectivity index (χ4n) is 1.90. The van der Waals surface area contributed by atoms with Gasteiger partial charge in [-0.15, -0.1) is 0 Å². The third kappa shape index (κ3) is 5.34. The molecule has 1 aliphatic rings. The SMILES string of the molecule is CC(C)(C)OC(=O)N[C@@](C)(CN1CCOCC1)C(=O)O. The molecule has 1 atom stereocenters. The molecule has 0 bridgehead atoms. The Kier molecular flexibility index (Phi) is 5.35. The van der Waals surface area contributed by atoms with E-state index in [0.29, 0.717) is 26.3 Å². The van der Waals surface area contributed by atoms with Crippen molar-refractivity contribution in [1.29, 1.82) is 0 Å². The summed E-state index contributed by atoms with van der Waals surface area (Å²) in [6, 6.07) is 0. The highest BCUT2D eigenvalue weighted by molar-refractivity contribution is 5.84. The summed E-state index contributed by atoms with van der Waals surface area (Å²) in [4.78, 5) is 25.2. The smallest absolute Gasteiger partial charge is 0.408 e. The third-order valence-electron chi connectivity index (χ3n) is 2.89. The van der Waals surface area contributed by atoms with Gasteiger partial charge in [-0.3, -0.25) is 4.90 Å². The molecule has 7 heteroatoms. The topological polar surface area (TPSA) is 88.1 Å². The molecule has 0 aromatic heterocycles. The second kappa shape index (κ2) is 6.41. The molecular weight excluding hydrogens is 264 g/mol. The molecule has 1 aliphatic heterocycles. The van der Waals surface area contributed by atoms with Gasteiger partial charge in [0, 0.05) is 19.6 Å². The predicted octanol–water partition coefficient (Wildman–Crippen LogP) is 0.687. The summed E-state index contributed by atoms with van der Waals surface area (Å²) in [5, 5.41) is 11.8. The summed E-state index contributed by atoms with van der Waals surface area (Å²) in [6.07, 6.45) is -0.726. The Labute approximate surface area is 119 Å². The Hall–Kier alpha value is -1.34. The summed E-state index contributed by atoms with van der Waals surface area (Å²) in [7, 11) is 0. The van der Waals surface area contributed by atoms with Crippen LogP contribution in [0.3, 0.4) is 0 Å². The van der Waals surface area contributed by atoms with E-state index >= 15 is 0 Å². The maximum absolute atomic E-state index is 11.8. The first-order valence-electron chi connectivity index (χ1n) is 6.67. The molecule has 0 saturated carbocycles. The number of carbonyl (C=O) groups is 2. The minimum Gasteiger partial charge on any atom is -0.479 e. The van der Waals surface area contributed by atoms with Crippen molar-refractivity contribution < 1.29 is 24.2 Å². The van der Waals surface area contributed by atoms with Gasteiger partial charge in [0.1, 0.15) is 5.60 Å². The lowest BCUT2D eigenvalue weighted by molar-refractivity contribution is -0.145. The molecule has 0 spiro atoms. The molecule has 0 unspecified atom stereocenters. The summed E-state index contributed by atoms with van der Waals surface area (Å²) in [5.41, 5.74) is -2.05. The largest absolute Gasteiger partial charge is 0.479 e. The zero-order valence-electron chi connectivity index (χ0n) is 12.6. The molecule has 7 nitrogen and oxygen atoms in total. The van der Waals surface area contributed by atoms with Crippen LogP contribution in [0, 0.1) is 0 Å². The van der Waals surface area contributed by atoms with Crippen LogP contribution in [0.4, 0.5) is 4.79 Å². The quantitative estimate of drug-likeness (QED) is 0.791. The highest BCUT2D eigenvalue weighted by Crippen LogP contribution is 2.12. The van der Waals surface area contributed by atoms with Crippen molar-refractivity contribution in [2.24, 2.45) is 0 Å². The number of ether oxygens (including phenoxy) is 2. The summed E-state index contributed by atoms with van der Waals surface area (Å²) in [5.74, 6) is -1.09. The lowest BCUT2D eigenvalue weighted by atomic mass is 10.0. The van der Waals surface area contributed by atoms with E-state index in [1.54, 1.807) is 20.8 Å². The molecule has 1 fully saturated rings. The van der Waals surface area contributed by atoms with Gasteiger partial charge in [0.15, 0.2) is 5.54 Å². The molecule has 1 rings (SSSR count). The minimum atomic E-state index is -1.39. The van der Waals surface area contributed by atoms with Crippen molar-refractivity contribution in [3.8, 4) is 0 Å². The molecule has 20 heavy (non-hydrogen) atoms. The van der Waals surface area contributed by atoms with Crippen molar-refractivity contribution in [1.82, 2.24) is 10.2 Å². The molecule has 1 amide bonds. The zero-order valence-corrected chi connectivity index (χ0v) is 12.6. The van der Waals surface area contributed by atoms with Crippen molar-refractivity contribution in [2.45, 2.75) is 38.8 Å². The third-order valence-corrected chi connectivity index (χ3v) is 2.89. The molecule has 116 valence electrons. The van der Waals surface area contributed by atoms with E-state index < -0.39 is 23.2 Å². The molecular formula is C13H24N2O5. The van der Waals surface area contributed by atoms with Crippen LogP contribution >= 0.6 is 0 Å². The van der Waals surface area contributed by atoms with Crippen LogP contribution in [0.1, 0.15) is 27.7 Å². The van der Waals surface area contributed by atoms with E-state index in [2.05, 4.69) is 5.32 Å². The molecule has 2 N–H and O–H groups in total. The van der Waals surface area contributed by atoms with Crippen LogP contribution in [0.15, 0.2) is 0 Å². The van der Waals surface area contributed by atoms with Gasteiger partial charge in [-0.2, -0.15) is 0 Å². The number of aliphatic carboxylic acids is 1. The first-order valence-corrected chi connectivity index (χ1v) is 6.67. The number of amides is 1. The van der Waals surface area contributed by atoms with Gasteiger partial charge in [-0.25, -0.2) is 9.59 Å². The number of nitrogens with one attached hydrogen (secondary N) is 1. The number of morpholine rings is 1. The highest BCUT2D eigenvalue weighted by Gasteiger charge is 2.38. The number of rotatable bonds is 4. The summed E-state index contributed by atoms with van der Waals surface area (Å²) < 4.78 is 10.3. The van der Waals surface area contributed by atoms with Crippen LogP contribution in [0.5, 0.6) is 0 Å². The Morgan fingerprint density at radius 3 is 2.25 bits per heavy atom. The van der Waals surface area contributed by atoms with E-state index in [1.807, 2.05) is 4.90 Å². The van der Waals surface area contributed by atoms with Gasteiger partial charge >= 0.3 is 12.1 Å². The summed E-state index contributed by atoms with van der Waals surface area (Å²) in [6.45, 7) is 9.33. The van der Waals surface area contributed by atoms with Gasteiger partial charge < -0.3 is 19.9 Å². The van der Waals surface area contributed by atoms with Gasteiger partial charge in [0.25, 0.3) is 0 Å². The van der Waals surface area contributed by atoms with Crippen LogP contribution in [-0.4, -0.2) is 66.1 Å². The Morgan fingerprint density at radius 1 is 1.25 bits per heavy atom. The Morgan fingerprint density at radius 2 is 1.80 bits per heavy atom. The normalized spacial score (nSPS) is 20.0. The first kappa shape index (κ1) is 16.7. The molecule has 0 aliphatic carbocycles. The number of carbonyl (C=O) groups excluding carboxylic acids is 1. The van der Waals surface area contributed by atoms with Crippen LogP contribution in [0.25, 0.3) is 0 Å². The predicted molar refractivity (Wildman–Crippen MR) is 72.7 cm³/mol. The number of carboxylic acid groups (broad SMARTS) is 1. The van der Waals surface area contributed by atoms with Crippen LogP contribution in [-0.2, 0) is 14.3 Å². The van der Waals surface area contributed by atoms with Crippen molar-refractivity contribution >= 4 is 12.1 Å². The number of hydrogen-bond donors (Lipinski definition) is 2. The van der Waals surface area contributed by atoms with E-state index in [0.717, 1.165) is 0 Å². The van der Waals surface area contributed by atoms with E-state index in [-0.39, 0.29) is 6.54 Å². The van der Waals surface area contributed by atoms with E-state index in [1.165, 1.54) is 6.92 Å². The second-order valence-electron chi connectivity index (χ2n) is 6.15. The standard InChI is InChI=1S/C13H24N2O5/c1-12(2,3)20-11(18)14-13(4,10(16)17)9-15-5-7-19-8-6-15/h5-9H2,1-4H3,(H,14,18)(H,16,17)/t13-/m0/s1. The Bertz CT molecular complexity index is 360. The molecule has 0 aromatic rings. The molecule has 1 heterocycles. The minimum absolute atomic E-state index is 0.213. The second-order valence-corrected chi connectivity index (χ2v) is 6.15. The maximum Gasteiger partial charge on any atom is 0.408 e. The van der Waals surface area contributed by atoms with Crippen molar-refractivity contribution in [3.63, 3.8) is 0 Å². The van der Waals surface area contributed by atoms with Crippen molar-refractivity contribution in [3.05, 3.63) is 0 Å². The number of nitrogens with zero attached hydrogens (tertiary/aromatic N) is 1. The summed E-state index contributed by atoms with van der Waals surface area (Å²) >= 11 is 0. The maximum atomic E-state index is 11.8. The average molecular weight is 288 g/mol. The van der Waals surface area contributed by atoms with Gasteiger partial charge in [-0.05, 0) is 27.7 Å².